The highest BCUT2D eigenvalue weighted by Gasteiger charge is 2.60. The van der Waals surface area contributed by atoms with Gasteiger partial charge in [-0.1, -0.05) is 0 Å². The second-order valence-electron chi connectivity index (χ2n) is 5.12. The number of rotatable bonds is 2. The Hall–Kier alpha value is -0.570. The molecule has 3 nitrogen and oxygen atoms in total. The molecule has 0 spiro atoms. The van der Waals surface area contributed by atoms with Crippen LogP contribution in [0.25, 0.3) is 0 Å². The van der Waals surface area contributed by atoms with Gasteiger partial charge in [-0.25, -0.2) is 0 Å². The van der Waals surface area contributed by atoms with Crippen LogP contribution in [0.15, 0.2) is 0 Å². The maximum Gasteiger partial charge on any atom is 0.226 e. The molecule has 2 N–H and O–H groups in total. The third-order valence-corrected chi connectivity index (χ3v) is 4.22. The first-order valence-electron chi connectivity index (χ1n) is 5.79. The van der Waals surface area contributed by atoms with E-state index < -0.39 is 0 Å². The summed E-state index contributed by atoms with van der Waals surface area (Å²) in [5, 5.41) is 0. The molecule has 14 heavy (non-hydrogen) atoms. The number of piperidine rings is 1. The van der Waals surface area contributed by atoms with Crippen molar-refractivity contribution in [3.8, 4) is 0 Å². The van der Waals surface area contributed by atoms with Gasteiger partial charge in [0.25, 0.3) is 0 Å². The molecule has 78 valence electrons. The smallest absolute Gasteiger partial charge is 0.226 e. The highest BCUT2D eigenvalue weighted by Crippen LogP contribution is 2.54. The number of carbonyl (C=O) groups is 1. The Bertz CT molecular complexity index is 274. The van der Waals surface area contributed by atoms with Crippen molar-refractivity contribution in [2.24, 2.45) is 17.6 Å². The minimum Gasteiger partial charge on any atom is -0.335 e. The minimum absolute atomic E-state index is 0.109. The molecule has 0 aromatic rings. The zero-order valence-electron chi connectivity index (χ0n) is 8.54. The lowest BCUT2D eigenvalue weighted by Crippen LogP contribution is -2.51. The van der Waals surface area contributed by atoms with Crippen molar-refractivity contribution in [1.82, 2.24) is 4.90 Å². The van der Waals surface area contributed by atoms with Crippen LogP contribution < -0.4 is 5.73 Å². The van der Waals surface area contributed by atoms with E-state index in [1.807, 2.05) is 0 Å². The van der Waals surface area contributed by atoms with Gasteiger partial charge >= 0.3 is 0 Å². The minimum atomic E-state index is 0.109. The van der Waals surface area contributed by atoms with Gasteiger partial charge < -0.3 is 10.6 Å². The topological polar surface area (TPSA) is 46.3 Å². The fourth-order valence-corrected chi connectivity index (χ4v) is 3.03. The lowest BCUT2D eigenvalue weighted by atomic mass is 10.0. The zero-order chi connectivity index (χ0) is 9.76. The first-order chi connectivity index (χ1) is 6.78. The van der Waals surface area contributed by atoms with Crippen LogP contribution >= 0.6 is 0 Å². The molecule has 0 radical (unpaired) electrons. The van der Waals surface area contributed by atoms with E-state index in [4.69, 9.17) is 5.73 Å². The Kier molecular flexibility index (Phi) is 1.69. The second-order valence-corrected chi connectivity index (χ2v) is 5.12. The molecule has 1 amide bonds. The lowest BCUT2D eigenvalue weighted by Gasteiger charge is -2.36. The van der Waals surface area contributed by atoms with Crippen molar-refractivity contribution >= 4 is 5.91 Å². The molecule has 2 saturated carbocycles. The van der Waals surface area contributed by atoms with Crippen LogP contribution in [-0.4, -0.2) is 29.4 Å². The number of carbonyl (C=O) groups excluding carboxylic acids is 1. The van der Waals surface area contributed by atoms with E-state index in [-0.39, 0.29) is 5.54 Å². The maximum absolute atomic E-state index is 12.0. The summed E-state index contributed by atoms with van der Waals surface area (Å²) < 4.78 is 0. The summed E-state index contributed by atoms with van der Waals surface area (Å²) in [6.45, 7) is 1.64. The molecule has 1 heterocycles. The predicted molar refractivity (Wildman–Crippen MR) is 53.6 cm³/mol. The maximum atomic E-state index is 12.0. The first-order valence-corrected chi connectivity index (χ1v) is 5.79. The van der Waals surface area contributed by atoms with Crippen molar-refractivity contribution in [3.63, 3.8) is 0 Å². The van der Waals surface area contributed by atoms with E-state index in [1.54, 1.807) is 0 Å². The largest absolute Gasteiger partial charge is 0.335 e. The fraction of sp³-hybridized carbons (Fsp3) is 0.909. The van der Waals surface area contributed by atoms with E-state index in [0.29, 0.717) is 18.4 Å². The number of nitrogens with two attached hydrogens (primary N) is 1. The number of nitrogens with zero attached hydrogens (tertiary/aromatic N) is 1. The number of fused-ring (bicyclic) bond motifs is 1. The molecule has 1 aliphatic heterocycles. The molecular weight excluding hydrogens is 176 g/mol. The molecule has 3 aliphatic rings. The molecule has 3 fully saturated rings. The van der Waals surface area contributed by atoms with Gasteiger partial charge in [-0.3, -0.25) is 4.79 Å². The lowest BCUT2D eigenvalue weighted by molar-refractivity contribution is -0.137. The summed E-state index contributed by atoms with van der Waals surface area (Å²) in [7, 11) is 0. The summed E-state index contributed by atoms with van der Waals surface area (Å²) in [6.07, 6.45) is 5.86. The van der Waals surface area contributed by atoms with E-state index in [1.165, 1.54) is 19.3 Å². The molecule has 2 atom stereocenters. The third-order valence-electron chi connectivity index (χ3n) is 4.22. The van der Waals surface area contributed by atoms with E-state index in [0.717, 1.165) is 25.3 Å². The average Bonchev–Trinajstić information content (AvgIpc) is 3.07. The number of hydrogen-bond donors (Lipinski definition) is 1. The fourth-order valence-electron chi connectivity index (χ4n) is 3.03. The normalized spacial score (nSPS) is 40.6. The van der Waals surface area contributed by atoms with Crippen molar-refractivity contribution in [1.29, 1.82) is 0 Å². The van der Waals surface area contributed by atoms with Crippen LogP contribution in [0.5, 0.6) is 0 Å². The van der Waals surface area contributed by atoms with Gasteiger partial charge in [0.1, 0.15) is 0 Å². The van der Waals surface area contributed by atoms with Crippen molar-refractivity contribution < 1.29 is 4.79 Å². The van der Waals surface area contributed by atoms with Crippen LogP contribution in [0.3, 0.4) is 0 Å². The molecule has 2 unspecified atom stereocenters. The van der Waals surface area contributed by atoms with E-state index in [2.05, 4.69) is 4.90 Å². The Morgan fingerprint density at radius 1 is 1.43 bits per heavy atom. The Labute approximate surface area is 84.6 Å². The van der Waals surface area contributed by atoms with Crippen LogP contribution in [0.4, 0.5) is 0 Å². The van der Waals surface area contributed by atoms with Gasteiger partial charge in [0.15, 0.2) is 0 Å². The Morgan fingerprint density at radius 2 is 2.21 bits per heavy atom. The monoisotopic (exact) mass is 194 g/mol. The first kappa shape index (κ1) is 8.72. The van der Waals surface area contributed by atoms with Gasteiger partial charge in [-0.2, -0.15) is 0 Å². The van der Waals surface area contributed by atoms with Crippen molar-refractivity contribution in [3.05, 3.63) is 0 Å². The molecule has 0 aromatic heterocycles. The van der Waals surface area contributed by atoms with E-state index >= 15 is 0 Å². The van der Waals surface area contributed by atoms with Crippen molar-refractivity contribution in [2.75, 3.05) is 13.1 Å². The number of amides is 1. The molecule has 0 bridgehead atoms. The zero-order valence-corrected chi connectivity index (χ0v) is 8.54. The molecule has 1 saturated heterocycles. The summed E-state index contributed by atoms with van der Waals surface area (Å²) in [6, 6.07) is 0. The van der Waals surface area contributed by atoms with Crippen LogP contribution in [0.2, 0.25) is 0 Å². The van der Waals surface area contributed by atoms with Gasteiger partial charge in [0.2, 0.25) is 5.91 Å². The molecule has 2 aliphatic carbocycles. The van der Waals surface area contributed by atoms with Gasteiger partial charge in [0, 0.05) is 19.0 Å². The Morgan fingerprint density at radius 3 is 2.86 bits per heavy atom. The van der Waals surface area contributed by atoms with Crippen LogP contribution in [0, 0.1) is 11.8 Å². The highest BCUT2D eigenvalue weighted by atomic mass is 16.2. The summed E-state index contributed by atoms with van der Waals surface area (Å²) in [5.74, 6) is 1.49. The molecule has 3 rings (SSSR count). The van der Waals surface area contributed by atoms with Crippen molar-refractivity contribution in [2.45, 2.75) is 37.6 Å². The number of hydrogen-bond acceptors (Lipinski definition) is 2. The average molecular weight is 194 g/mol. The van der Waals surface area contributed by atoms with E-state index in [9.17, 15) is 4.79 Å². The quantitative estimate of drug-likeness (QED) is 0.704. The van der Waals surface area contributed by atoms with Gasteiger partial charge in [-0.05, 0) is 38.0 Å². The Balaban J connectivity index is 1.79. The molecule has 0 aromatic carbocycles. The summed E-state index contributed by atoms with van der Waals surface area (Å²) in [5.41, 5.74) is 5.94. The SMILES string of the molecule is NCC12CC1CCCN2C(=O)C1CC1. The van der Waals surface area contributed by atoms with Gasteiger partial charge in [-0.15, -0.1) is 0 Å². The second kappa shape index (κ2) is 2.72. The standard InChI is InChI=1S/C11H18N2O/c12-7-11-6-9(11)2-1-5-13(11)10(14)8-3-4-8/h8-9H,1-7,12H2. The van der Waals surface area contributed by atoms with Crippen LogP contribution in [0.1, 0.15) is 32.1 Å². The molecular formula is C11H18N2O. The molecule has 3 heteroatoms. The van der Waals surface area contributed by atoms with Crippen LogP contribution in [-0.2, 0) is 4.79 Å². The summed E-state index contributed by atoms with van der Waals surface area (Å²) >= 11 is 0. The highest BCUT2D eigenvalue weighted by molar-refractivity contribution is 5.82. The third kappa shape index (κ3) is 1.05. The predicted octanol–water partition coefficient (Wildman–Crippen LogP) is 0.736. The summed E-state index contributed by atoms with van der Waals surface area (Å²) in [4.78, 5) is 14.2. The van der Waals surface area contributed by atoms with Gasteiger partial charge in [0.05, 0.1) is 5.54 Å². The number of likely N-dealkylation sites (tertiary alicyclic amines) is 1.